The normalized spacial score (nSPS) is 12.1. The molecule has 0 fully saturated rings. The van der Waals surface area contributed by atoms with Gasteiger partial charge in [-0.3, -0.25) is 14.3 Å². The maximum Gasteiger partial charge on any atom is 0.246 e. The van der Waals surface area contributed by atoms with Crippen LogP contribution < -0.4 is 15.4 Å². The molecule has 1 unspecified atom stereocenters. The molecule has 26 heavy (non-hydrogen) atoms. The number of Topliss-reactive ketones (excluding diaryl/α,β-unsaturated/α-hetero) is 1. The molecule has 2 rings (SSSR count). The average molecular weight is 375 g/mol. The fraction of sp³-hybridized carbons (Fsp3) is 0.222. The maximum absolute atomic E-state index is 12.3. The first-order valence-electron chi connectivity index (χ1n) is 7.90. The van der Waals surface area contributed by atoms with Crippen molar-refractivity contribution in [1.82, 2.24) is 0 Å². The van der Waals surface area contributed by atoms with Gasteiger partial charge in [0.25, 0.3) is 0 Å². The summed E-state index contributed by atoms with van der Waals surface area (Å²) in [4.78, 5) is 23.7. The molecule has 7 nitrogen and oxygen atoms in total. The van der Waals surface area contributed by atoms with E-state index in [0.29, 0.717) is 22.6 Å². The SMILES string of the molecule is CC(=O)c1cccc(NC(=O)C(C)Nc2ccc(NS(C)(=O)=O)cc2)c1. The van der Waals surface area contributed by atoms with Crippen LogP contribution >= 0.6 is 0 Å². The van der Waals surface area contributed by atoms with Crippen molar-refractivity contribution >= 4 is 38.8 Å². The molecule has 0 aliphatic heterocycles. The summed E-state index contributed by atoms with van der Waals surface area (Å²) >= 11 is 0. The lowest BCUT2D eigenvalue weighted by atomic mass is 10.1. The summed E-state index contributed by atoms with van der Waals surface area (Å²) < 4.78 is 24.8. The lowest BCUT2D eigenvalue weighted by Crippen LogP contribution is -2.31. The van der Waals surface area contributed by atoms with E-state index in [1.165, 1.54) is 6.92 Å². The summed E-state index contributed by atoms with van der Waals surface area (Å²) in [6, 6.07) is 12.7. The fourth-order valence-electron chi connectivity index (χ4n) is 2.23. The highest BCUT2D eigenvalue weighted by atomic mass is 32.2. The molecule has 0 radical (unpaired) electrons. The Hall–Kier alpha value is -2.87. The van der Waals surface area contributed by atoms with Crippen LogP contribution in [0.5, 0.6) is 0 Å². The Kier molecular flexibility index (Phi) is 5.99. The molecule has 0 spiro atoms. The van der Waals surface area contributed by atoms with Gasteiger partial charge in [0.05, 0.1) is 6.26 Å². The molecule has 0 saturated carbocycles. The highest BCUT2D eigenvalue weighted by Gasteiger charge is 2.13. The largest absolute Gasteiger partial charge is 0.374 e. The van der Waals surface area contributed by atoms with Crippen LogP contribution in [0.15, 0.2) is 48.5 Å². The van der Waals surface area contributed by atoms with Gasteiger partial charge in [-0.1, -0.05) is 12.1 Å². The number of anilines is 3. The minimum absolute atomic E-state index is 0.0740. The zero-order valence-electron chi connectivity index (χ0n) is 14.7. The number of carbonyl (C=O) groups is 2. The molecule has 1 atom stereocenters. The third-order valence-electron chi connectivity index (χ3n) is 3.50. The van der Waals surface area contributed by atoms with Crippen LogP contribution in [0.25, 0.3) is 0 Å². The van der Waals surface area contributed by atoms with Gasteiger partial charge in [-0.2, -0.15) is 0 Å². The molecular weight excluding hydrogens is 354 g/mol. The fourth-order valence-corrected chi connectivity index (χ4v) is 2.79. The van der Waals surface area contributed by atoms with Crippen LogP contribution in [0.3, 0.4) is 0 Å². The van der Waals surface area contributed by atoms with Crippen molar-refractivity contribution in [2.45, 2.75) is 19.9 Å². The molecule has 0 bridgehead atoms. The number of sulfonamides is 1. The van der Waals surface area contributed by atoms with E-state index in [-0.39, 0.29) is 11.7 Å². The van der Waals surface area contributed by atoms with Gasteiger partial charge < -0.3 is 10.6 Å². The third kappa shape index (κ3) is 5.89. The molecule has 0 aliphatic rings. The van der Waals surface area contributed by atoms with Crippen LogP contribution in [0.4, 0.5) is 17.1 Å². The smallest absolute Gasteiger partial charge is 0.246 e. The Morgan fingerprint density at radius 3 is 2.15 bits per heavy atom. The van der Waals surface area contributed by atoms with Crippen molar-refractivity contribution in [3.05, 3.63) is 54.1 Å². The van der Waals surface area contributed by atoms with Crippen molar-refractivity contribution in [3.8, 4) is 0 Å². The first kappa shape index (κ1) is 19.5. The van der Waals surface area contributed by atoms with E-state index in [0.717, 1.165) is 6.26 Å². The second-order valence-corrected chi connectivity index (χ2v) is 7.69. The van der Waals surface area contributed by atoms with Crippen molar-refractivity contribution in [2.24, 2.45) is 0 Å². The van der Waals surface area contributed by atoms with E-state index >= 15 is 0 Å². The first-order valence-corrected chi connectivity index (χ1v) is 9.79. The van der Waals surface area contributed by atoms with Crippen molar-refractivity contribution in [3.63, 3.8) is 0 Å². The lowest BCUT2D eigenvalue weighted by Gasteiger charge is -2.16. The molecule has 2 aromatic carbocycles. The monoisotopic (exact) mass is 375 g/mol. The Balaban J connectivity index is 1.98. The zero-order chi connectivity index (χ0) is 19.3. The lowest BCUT2D eigenvalue weighted by molar-refractivity contribution is -0.116. The van der Waals surface area contributed by atoms with Crippen molar-refractivity contribution in [1.29, 1.82) is 0 Å². The Bertz CT molecular complexity index is 908. The highest BCUT2D eigenvalue weighted by Crippen LogP contribution is 2.16. The quantitative estimate of drug-likeness (QED) is 0.646. The second kappa shape index (κ2) is 8.01. The molecule has 1 amide bonds. The van der Waals surface area contributed by atoms with E-state index in [4.69, 9.17) is 0 Å². The number of nitrogens with one attached hydrogen (secondary N) is 3. The topological polar surface area (TPSA) is 104 Å². The Labute approximate surface area is 152 Å². The standard InChI is InChI=1S/C18H21N3O4S/c1-12(18(23)20-17-6-4-5-14(11-17)13(2)22)19-15-7-9-16(10-8-15)21-26(3,24)25/h4-12,19,21H,1-3H3,(H,20,23). The number of ketones is 1. The van der Waals surface area contributed by atoms with Gasteiger partial charge in [0.2, 0.25) is 15.9 Å². The predicted octanol–water partition coefficient (Wildman–Crippen LogP) is 2.70. The summed E-state index contributed by atoms with van der Waals surface area (Å²) in [6.07, 6.45) is 1.08. The number of hydrogen-bond donors (Lipinski definition) is 3. The van der Waals surface area contributed by atoms with Crippen LogP contribution in [0.2, 0.25) is 0 Å². The van der Waals surface area contributed by atoms with E-state index in [1.807, 2.05) is 0 Å². The summed E-state index contributed by atoms with van der Waals surface area (Å²) in [6.45, 7) is 3.17. The summed E-state index contributed by atoms with van der Waals surface area (Å²) in [7, 11) is -3.33. The van der Waals surface area contributed by atoms with E-state index < -0.39 is 16.1 Å². The molecule has 138 valence electrons. The van der Waals surface area contributed by atoms with Gasteiger partial charge in [0, 0.05) is 22.6 Å². The van der Waals surface area contributed by atoms with Gasteiger partial charge in [0.15, 0.2) is 5.78 Å². The molecule has 0 aliphatic carbocycles. The maximum atomic E-state index is 12.3. The van der Waals surface area contributed by atoms with Gasteiger partial charge in [0.1, 0.15) is 6.04 Å². The molecule has 3 N–H and O–H groups in total. The van der Waals surface area contributed by atoms with E-state index in [2.05, 4.69) is 15.4 Å². The van der Waals surface area contributed by atoms with Crippen LogP contribution in [-0.4, -0.2) is 32.4 Å². The van der Waals surface area contributed by atoms with Gasteiger partial charge in [-0.05, 0) is 50.2 Å². The molecule has 0 saturated heterocycles. The van der Waals surface area contributed by atoms with Gasteiger partial charge >= 0.3 is 0 Å². The first-order chi connectivity index (χ1) is 12.1. The minimum Gasteiger partial charge on any atom is -0.374 e. The van der Waals surface area contributed by atoms with Crippen LogP contribution in [0.1, 0.15) is 24.2 Å². The molecule has 0 aromatic heterocycles. The number of hydrogen-bond acceptors (Lipinski definition) is 5. The highest BCUT2D eigenvalue weighted by molar-refractivity contribution is 7.92. The van der Waals surface area contributed by atoms with Gasteiger partial charge in [-0.15, -0.1) is 0 Å². The summed E-state index contributed by atoms with van der Waals surface area (Å²) in [5, 5.41) is 5.79. The Morgan fingerprint density at radius 2 is 1.58 bits per heavy atom. The summed E-state index contributed by atoms with van der Waals surface area (Å²) in [5.41, 5.74) is 2.18. The predicted molar refractivity (Wildman–Crippen MR) is 103 cm³/mol. The number of amides is 1. The number of benzene rings is 2. The number of carbonyl (C=O) groups excluding carboxylic acids is 2. The second-order valence-electron chi connectivity index (χ2n) is 5.94. The van der Waals surface area contributed by atoms with Crippen LogP contribution in [-0.2, 0) is 14.8 Å². The Morgan fingerprint density at radius 1 is 0.962 bits per heavy atom. The molecule has 8 heteroatoms. The minimum atomic E-state index is -3.33. The van der Waals surface area contributed by atoms with Gasteiger partial charge in [-0.25, -0.2) is 8.42 Å². The number of rotatable bonds is 7. The summed E-state index contributed by atoms with van der Waals surface area (Å²) in [5.74, 6) is -0.334. The van der Waals surface area contributed by atoms with E-state index in [1.54, 1.807) is 55.5 Å². The third-order valence-corrected chi connectivity index (χ3v) is 4.11. The molecule has 0 heterocycles. The van der Waals surface area contributed by atoms with E-state index in [9.17, 15) is 18.0 Å². The molecular formula is C18H21N3O4S. The average Bonchev–Trinajstić information content (AvgIpc) is 2.55. The van der Waals surface area contributed by atoms with Crippen LogP contribution in [0, 0.1) is 0 Å². The zero-order valence-corrected chi connectivity index (χ0v) is 15.6. The molecule has 2 aromatic rings. The van der Waals surface area contributed by atoms with Crippen molar-refractivity contribution < 1.29 is 18.0 Å². The van der Waals surface area contributed by atoms with Crippen molar-refractivity contribution in [2.75, 3.05) is 21.6 Å².